The van der Waals surface area contributed by atoms with E-state index >= 15 is 0 Å². The van der Waals surface area contributed by atoms with Crippen LogP contribution < -0.4 is 10.9 Å². The van der Waals surface area contributed by atoms with Crippen LogP contribution in [0.4, 0.5) is 10.1 Å². The third-order valence-corrected chi connectivity index (χ3v) is 4.91. The smallest absolute Gasteiger partial charge is 0.306 e. The number of Topliss-reactive ketones (excluding diaryl/α,β-unsaturated/α-hetero) is 1. The Kier molecular flexibility index (Phi) is 6.99. The molecule has 0 saturated carbocycles. The van der Waals surface area contributed by atoms with Crippen molar-refractivity contribution in [3.63, 3.8) is 0 Å². The maximum atomic E-state index is 12.9. The Balaban J connectivity index is 1.55. The first kappa shape index (κ1) is 22.7. The summed E-state index contributed by atoms with van der Waals surface area (Å²) in [4.78, 5) is 48.9. The van der Waals surface area contributed by atoms with Crippen molar-refractivity contribution >= 4 is 23.3 Å². The molecule has 0 bridgehead atoms. The lowest BCUT2D eigenvalue weighted by Crippen LogP contribution is -2.26. The van der Waals surface area contributed by atoms with Crippen LogP contribution in [0.1, 0.15) is 28.9 Å². The number of carbonyl (C=O) groups is 3. The van der Waals surface area contributed by atoms with Crippen LogP contribution in [0.2, 0.25) is 0 Å². The molecule has 1 amide bonds. The zero-order chi connectivity index (χ0) is 23.3. The fourth-order valence-corrected chi connectivity index (χ4v) is 3.10. The number of hydrogen-bond acceptors (Lipinski definition) is 5. The number of halogens is 1. The monoisotopic (exact) mass is 439 g/mol. The first-order chi connectivity index (χ1) is 15.3. The number of ether oxygens (including phenoxy) is 1. The van der Waals surface area contributed by atoms with E-state index in [1.807, 2.05) is 6.07 Å². The molecule has 8 nitrogen and oxygen atoms in total. The molecule has 0 spiro atoms. The van der Waals surface area contributed by atoms with Gasteiger partial charge in [0.2, 0.25) is 0 Å². The van der Waals surface area contributed by atoms with E-state index in [1.54, 1.807) is 42.9 Å². The molecule has 0 atom stereocenters. The number of esters is 1. The molecule has 3 aromatic rings. The number of amides is 1. The summed E-state index contributed by atoms with van der Waals surface area (Å²) in [6, 6.07) is 13.9. The first-order valence-corrected chi connectivity index (χ1v) is 9.86. The number of carbonyl (C=O) groups excluding carboxylic acids is 3. The lowest BCUT2D eigenvalue weighted by molar-refractivity contribution is -0.147. The highest BCUT2D eigenvalue weighted by Gasteiger charge is 2.19. The summed E-state index contributed by atoms with van der Waals surface area (Å²) in [5, 5.41) is 2.49. The van der Waals surface area contributed by atoms with Crippen LogP contribution in [0.3, 0.4) is 0 Å². The van der Waals surface area contributed by atoms with Crippen LogP contribution in [0.25, 0.3) is 5.69 Å². The predicted octanol–water partition coefficient (Wildman–Crippen LogP) is 2.77. The predicted molar refractivity (Wildman–Crippen MR) is 115 cm³/mol. The average molecular weight is 439 g/mol. The third-order valence-electron chi connectivity index (χ3n) is 4.91. The van der Waals surface area contributed by atoms with Gasteiger partial charge >= 0.3 is 5.97 Å². The van der Waals surface area contributed by atoms with Gasteiger partial charge in [-0.15, -0.1) is 0 Å². The number of benzene rings is 2. The number of hydrogen-bond donors (Lipinski definition) is 1. The summed E-state index contributed by atoms with van der Waals surface area (Å²) in [5.41, 5.74) is 1.13. The van der Waals surface area contributed by atoms with Gasteiger partial charge in [-0.1, -0.05) is 18.2 Å². The van der Waals surface area contributed by atoms with Gasteiger partial charge in [-0.2, -0.15) is 0 Å². The minimum absolute atomic E-state index is 0.0869. The largest absolute Gasteiger partial charge is 0.456 e. The van der Waals surface area contributed by atoms with E-state index in [0.717, 1.165) is 12.1 Å². The van der Waals surface area contributed by atoms with Crippen molar-refractivity contribution in [2.24, 2.45) is 7.05 Å². The topological polar surface area (TPSA) is 99.4 Å². The highest BCUT2D eigenvalue weighted by molar-refractivity contribution is 5.98. The summed E-state index contributed by atoms with van der Waals surface area (Å²) < 4.78 is 20.8. The van der Waals surface area contributed by atoms with Crippen LogP contribution >= 0.6 is 0 Å². The summed E-state index contributed by atoms with van der Waals surface area (Å²) in [6.07, 6.45) is -0.361. The Morgan fingerprint density at radius 2 is 1.66 bits per heavy atom. The van der Waals surface area contributed by atoms with E-state index in [4.69, 9.17) is 4.74 Å². The lowest BCUT2D eigenvalue weighted by atomic mass is 10.1. The molecule has 1 heterocycles. The van der Waals surface area contributed by atoms with Crippen molar-refractivity contribution in [3.8, 4) is 5.69 Å². The van der Waals surface area contributed by atoms with Gasteiger partial charge in [0.1, 0.15) is 11.5 Å². The lowest BCUT2D eigenvalue weighted by Gasteiger charge is -2.07. The molecule has 2 aromatic carbocycles. The first-order valence-electron chi connectivity index (χ1n) is 9.86. The van der Waals surface area contributed by atoms with E-state index in [1.165, 1.54) is 16.8 Å². The van der Waals surface area contributed by atoms with E-state index in [9.17, 15) is 23.6 Å². The Morgan fingerprint density at radius 3 is 2.31 bits per heavy atom. The molecule has 32 heavy (non-hydrogen) atoms. The van der Waals surface area contributed by atoms with E-state index in [-0.39, 0.29) is 29.9 Å². The Bertz CT molecular complexity index is 1200. The van der Waals surface area contributed by atoms with Gasteiger partial charge in [0, 0.05) is 19.0 Å². The summed E-state index contributed by atoms with van der Waals surface area (Å²) in [5.74, 6) is -2.21. The van der Waals surface area contributed by atoms with Crippen molar-refractivity contribution in [2.45, 2.75) is 19.8 Å². The van der Waals surface area contributed by atoms with Crippen LogP contribution in [-0.4, -0.2) is 33.6 Å². The summed E-state index contributed by atoms with van der Waals surface area (Å²) in [7, 11) is 1.69. The number of nitrogens with zero attached hydrogens (tertiary/aromatic N) is 2. The van der Waals surface area contributed by atoms with Crippen molar-refractivity contribution in [3.05, 3.63) is 82.0 Å². The Morgan fingerprint density at radius 1 is 1.00 bits per heavy atom. The molecule has 0 aliphatic heterocycles. The van der Waals surface area contributed by atoms with Crippen LogP contribution in [0.5, 0.6) is 0 Å². The third kappa shape index (κ3) is 5.18. The SMILES string of the molecule is Cc1c(NC(=O)COC(=O)CCC(=O)c2ccc(F)cc2)c(=O)n(-c2ccccc2)n1C. The number of ketones is 1. The molecule has 0 saturated heterocycles. The second kappa shape index (κ2) is 9.86. The van der Waals surface area contributed by atoms with Crippen LogP contribution in [0, 0.1) is 12.7 Å². The van der Waals surface area contributed by atoms with Gasteiger partial charge in [0.05, 0.1) is 17.8 Å². The number of nitrogens with one attached hydrogen (secondary N) is 1. The maximum Gasteiger partial charge on any atom is 0.306 e. The van der Waals surface area contributed by atoms with Crippen LogP contribution in [-0.2, 0) is 21.4 Å². The Labute approximate surface area is 183 Å². The fourth-order valence-electron chi connectivity index (χ4n) is 3.10. The standard InChI is InChI=1S/C23H22FN3O5/c1-15-22(23(31)27(26(15)2)18-6-4-3-5-7-18)25-20(29)14-32-21(30)13-12-19(28)16-8-10-17(24)11-9-16/h3-11H,12-14H2,1-2H3,(H,25,29). The zero-order valence-corrected chi connectivity index (χ0v) is 17.6. The van der Waals surface area contributed by atoms with Gasteiger partial charge < -0.3 is 10.1 Å². The molecule has 0 aliphatic rings. The molecule has 3 rings (SSSR count). The van der Waals surface area contributed by atoms with Crippen molar-refractivity contribution in [1.29, 1.82) is 0 Å². The van der Waals surface area contributed by atoms with E-state index < -0.39 is 29.9 Å². The number of anilines is 1. The van der Waals surface area contributed by atoms with Gasteiger partial charge in [0.25, 0.3) is 11.5 Å². The molecular weight excluding hydrogens is 417 g/mol. The molecule has 166 valence electrons. The normalized spacial score (nSPS) is 10.6. The number of para-hydroxylation sites is 1. The number of rotatable bonds is 8. The van der Waals surface area contributed by atoms with E-state index in [2.05, 4.69) is 5.32 Å². The second-order valence-electron chi connectivity index (χ2n) is 7.08. The van der Waals surface area contributed by atoms with Gasteiger partial charge in [0.15, 0.2) is 12.4 Å². The van der Waals surface area contributed by atoms with Gasteiger partial charge in [-0.3, -0.25) is 23.9 Å². The van der Waals surface area contributed by atoms with E-state index in [0.29, 0.717) is 11.4 Å². The molecule has 0 radical (unpaired) electrons. The zero-order valence-electron chi connectivity index (χ0n) is 17.6. The maximum absolute atomic E-state index is 12.9. The Hall–Kier alpha value is -4.01. The van der Waals surface area contributed by atoms with Crippen LogP contribution in [0.15, 0.2) is 59.4 Å². The highest BCUT2D eigenvalue weighted by Crippen LogP contribution is 2.14. The average Bonchev–Trinajstić information content (AvgIpc) is 3.00. The van der Waals surface area contributed by atoms with Crippen molar-refractivity contribution in [1.82, 2.24) is 9.36 Å². The molecule has 0 fully saturated rings. The molecular formula is C23H22FN3O5. The highest BCUT2D eigenvalue weighted by atomic mass is 19.1. The fraction of sp³-hybridized carbons (Fsp3) is 0.217. The molecule has 0 unspecified atom stereocenters. The van der Waals surface area contributed by atoms with Crippen molar-refractivity contribution < 1.29 is 23.5 Å². The summed E-state index contributed by atoms with van der Waals surface area (Å²) in [6.45, 7) is 1.09. The quantitative estimate of drug-likeness (QED) is 0.430. The molecule has 9 heteroatoms. The van der Waals surface area contributed by atoms with Gasteiger partial charge in [-0.05, 0) is 43.3 Å². The molecule has 1 N–H and O–H groups in total. The molecule has 1 aromatic heterocycles. The summed E-state index contributed by atoms with van der Waals surface area (Å²) >= 11 is 0. The minimum atomic E-state index is -0.734. The second-order valence-corrected chi connectivity index (χ2v) is 7.08. The molecule has 0 aliphatic carbocycles. The van der Waals surface area contributed by atoms with Gasteiger partial charge in [-0.25, -0.2) is 9.07 Å². The number of aromatic nitrogens is 2. The van der Waals surface area contributed by atoms with Crippen molar-refractivity contribution in [2.75, 3.05) is 11.9 Å². The minimum Gasteiger partial charge on any atom is -0.456 e.